The molecule has 94 valence electrons. The van der Waals surface area contributed by atoms with E-state index in [2.05, 4.69) is 4.98 Å². The van der Waals surface area contributed by atoms with E-state index in [1.807, 2.05) is 18.2 Å². The molecule has 0 bridgehead atoms. The van der Waals surface area contributed by atoms with Gasteiger partial charge in [-0.1, -0.05) is 23.7 Å². The summed E-state index contributed by atoms with van der Waals surface area (Å²) in [6.45, 7) is 1.63. The lowest BCUT2D eigenvalue weighted by molar-refractivity contribution is 0.0688. The predicted molar refractivity (Wildman–Crippen MR) is 67.1 cm³/mol. The van der Waals surface area contributed by atoms with Gasteiger partial charge in [-0.05, 0) is 24.1 Å². The van der Waals surface area contributed by atoms with Gasteiger partial charge < -0.3 is 9.52 Å². The molecule has 18 heavy (non-hydrogen) atoms. The van der Waals surface area contributed by atoms with Gasteiger partial charge in [0.15, 0.2) is 11.6 Å². The number of carbonyl (C=O) groups is 1. The second kappa shape index (κ2) is 5.23. The number of hydrogen-bond acceptors (Lipinski definition) is 3. The molecule has 2 aromatic rings. The number of carboxylic acid groups (broad SMARTS) is 1. The number of halogens is 1. The Balaban J connectivity index is 2.13. The average molecular weight is 266 g/mol. The van der Waals surface area contributed by atoms with Crippen LogP contribution < -0.4 is 0 Å². The molecule has 0 aliphatic heterocycles. The zero-order chi connectivity index (χ0) is 13.1. The molecule has 5 heteroatoms. The third-order valence-electron chi connectivity index (χ3n) is 2.54. The minimum atomic E-state index is -1.06. The van der Waals surface area contributed by atoms with Gasteiger partial charge in [-0.15, -0.1) is 0 Å². The first kappa shape index (κ1) is 12.6. The van der Waals surface area contributed by atoms with Crippen molar-refractivity contribution in [2.75, 3.05) is 0 Å². The van der Waals surface area contributed by atoms with Gasteiger partial charge in [-0.2, -0.15) is 0 Å². The highest BCUT2D eigenvalue weighted by atomic mass is 35.5. The summed E-state index contributed by atoms with van der Waals surface area (Å²) in [7, 11) is 0. The lowest BCUT2D eigenvalue weighted by Crippen LogP contribution is -2.02. The van der Waals surface area contributed by atoms with Crippen LogP contribution in [-0.4, -0.2) is 16.1 Å². The Hall–Kier alpha value is -1.81. The second-order valence-corrected chi connectivity index (χ2v) is 4.38. The van der Waals surface area contributed by atoms with Crippen molar-refractivity contribution in [3.05, 3.63) is 52.2 Å². The van der Waals surface area contributed by atoms with Crippen molar-refractivity contribution < 1.29 is 14.3 Å². The molecule has 0 spiro atoms. The van der Waals surface area contributed by atoms with Crippen molar-refractivity contribution in [1.82, 2.24) is 4.98 Å². The Bertz CT molecular complexity index is 577. The van der Waals surface area contributed by atoms with Crippen molar-refractivity contribution in [2.24, 2.45) is 0 Å². The largest absolute Gasteiger partial charge is 0.476 e. The molecule has 0 aliphatic rings. The monoisotopic (exact) mass is 265 g/mol. The average Bonchev–Trinajstić information content (AvgIpc) is 2.68. The number of nitrogens with zero attached hydrogens (tertiary/aromatic N) is 1. The molecule has 1 N–H and O–H groups in total. The van der Waals surface area contributed by atoms with E-state index in [1.165, 1.54) is 0 Å². The summed E-state index contributed by atoms with van der Waals surface area (Å²) < 4.78 is 5.30. The number of hydrogen-bond donors (Lipinski definition) is 1. The molecule has 0 saturated heterocycles. The van der Waals surface area contributed by atoms with Crippen molar-refractivity contribution >= 4 is 17.6 Å². The minimum absolute atomic E-state index is 0.00507. The van der Waals surface area contributed by atoms with Crippen LogP contribution >= 0.6 is 11.6 Å². The minimum Gasteiger partial charge on any atom is -0.476 e. The summed E-state index contributed by atoms with van der Waals surface area (Å²) in [5.74, 6) is -0.290. The number of aryl methyl sites for hydroxylation is 3. The van der Waals surface area contributed by atoms with Crippen LogP contribution in [-0.2, 0) is 12.8 Å². The first-order valence-corrected chi connectivity index (χ1v) is 5.88. The van der Waals surface area contributed by atoms with E-state index in [9.17, 15) is 4.79 Å². The predicted octanol–water partition coefficient (Wildman–Crippen LogP) is 3.12. The van der Waals surface area contributed by atoms with Gasteiger partial charge in [-0.3, -0.25) is 0 Å². The van der Waals surface area contributed by atoms with Gasteiger partial charge in [0.25, 0.3) is 0 Å². The summed E-state index contributed by atoms with van der Waals surface area (Å²) in [4.78, 5) is 14.8. The molecule has 0 radical (unpaired) electrons. The molecule has 2 rings (SSSR count). The fraction of sp³-hybridized carbons (Fsp3) is 0.231. The van der Waals surface area contributed by atoms with E-state index in [0.29, 0.717) is 29.5 Å². The smallest absolute Gasteiger partial charge is 0.358 e. The molecule has 0 saturated carbocycles. The zero-order valence-electron chi connectivity index (χ0n) is 9.81. The third kappa shape index (κ3) is 2.90. The summed E-state index contributed by atoms with van der Waals surface area (Å²) >= 11 is 5.88. The van der Waals surface area contributed by atoms with E-state index >= 15 is 0 Å². The molecule has 0 amide bonds. The highest BCUT2D eigenvalue weighted by Crippen LogP contribution is 2.16. The van der Waals surface area contributed by atoms with E-state index in [4.69, 9.17) is 21.1 Å². The van der Waals surface area contributed by atoms with Crippen LogP contribution in [0.25, 0.3) is 0 Å². The van der Waals surface area contributed by atoms with Gasteiger partial charge in [0.1, 0.15) is 5.76 Å². The van der Waals surface area contributed by atoms with Gasteiger partial charge in [-0.25, -0.2) is 9.78 Å². The van der Waals surface area contributed by atoms with Crippen molar-refractivity contribution in [3.63, 3.8) is 0 Å². The number of aromatic nitrogens is 1. The molecule has 4 nitrogen and oxygen atoms in total. The van der Waals surface area contributed by atoms with E-state index in [-0.39, 0.29) is 5.69 Å². The number of carboxylic acids is 1. The Morgan fingerprint density at radius 1 is 1.44 bits per heavy atom. The fourth-order valence-corrected chi connectivity index (χ4v) is 1.97. The molecule has 0 fully saturated rings. The van der Waals surface area contributed by atoms with Crippen LogP contribution in [0.2, 0.25) is 5.02 Å². The Morgan fingerprint density at radius 3 is 2.89 bits per heavy atom. The fourth-order valence-electron chi connectivity index (χ4n) is 1.76. The van der Waals surface area contributed by atoms with Crippen molar-refractivity contribution in [2.45, 2.75) is 19.8 Å². The Morgan fingerprint density at radius 2 is 2.22 bits per heavy atom. The topological polar surface area (TPSA) is 63.3 Å². The van der Waals surface area contributed by atoms with E-state index in [0.717, 1.165) is 5.56 Å². The van der Waals surface area contributed by atoms with Crippen LogP contribution in [0.1, 0.15) is 27.7 Å². The maximum atomic E-state index is 11.0. The van der Waals surface area contributed by atoms with Crippen molar-refractivity contribution in [1.29, 1.82) is 0 Å². The van der Waals surface area contributed by atoms with Crippen LogP contribution in [0, 0.1) is 6.92 Å². The summed E-state index contributed by atoms with van der Waals surface area (Å²) in [5, 5.41) is 9.64. The van der Waals surface area contributed by atoms with E-state index in [1.54, 1.807) is 13.0 Å². The zero-order valence-corrected chi connectivity index (χ0v) is 10.6. The molecule has 0 unspecified atom stereocenters. The molecule has 1 aromatic heterocycles. The van der Waals surface area contributed by atoms with Crippen LogP contribution in [0.15, 0.2) is 28.7 Å². The molecular formula is C13H12ClNO3. The molecule has 1 aromatic carbocycles. The lowest BCUT2D eigenvalue weighted by atomic mass is 10.1. The van der Waals surface area contributed by atoms with Gasteiger partial charge >= 0.3 is 5.97 Å². The number of benzene rings is 1. The highest BCUT2D eigenvalue weighted by molar-refractivity contribution is 6.30. The van der Waals surface area contributed by atoms with Crippen LogP contribution in [0.4, 0.5) is 0 Å². The van der Waals surface area contributed by atoms with Crippen LogP contribution in [0.5, 0.6) is 0 Å². The SMILES string of the molecule is Cc1nc(C(=O)O)c(CCc2cccc(Cl)c2)o1. The van der Waals surface area contributed by atoms with Gasteiger partial charge in [0, 0.05) is 18.4 Å². The summed E-state index contributed by atoms with van der Waals surface area (Å²) in [6.07, 6.45) is 1.15. The Labute approximate surface area is 109 Å². The summed E-state index contributed by atoms with van der Waals surface area (Å²) in [5.41, 5.74) is 1.03. The highest BCUT2D eigenvalue weighted by Gasteiger charge is 2.17. The number of aromatic carboxylic acids is 1. The maximum Gasteiger partial charge on any atom is 0.358 e. The quantitative estimate of drug-likeness (QED) is 0.922. The standard InChI is InChI=1S/C13H12ClNO3/c1-8-15-12(13(16)17)11(18-8)6-5-9-3-2-4-10(14)7-9/h2-4,7H,5-6H2,1H3,(H,16,17). The van der Waals surface area contributed by atoms with Gasteiger partial charge in [0.2, 0.25) is 0 Å². The number of oxazole rings is 1. The molecule has 0 atom stereocenters. The molecular weight excluding hydrogens is 254 g/mol. The molecule has 1 heterocycles. The van der Waals surface area contributed by atoms with Crippen LogP contribution in [0.3, 0.4) is 0 Å². The third-order valence-corrected chi connectivity index (χ3v) is 2.77. The van der Waals surface area contributed by atoms with Gasteiger partial charge in [0.05, 0.1) is 0 Å². The first-order valence-electron chi connectivity index (χ1n) is 5.50. The first-order chi connectivity index (χ1) is 8.56. The second-order valence-electron chi connectivity index (χ2n) is 3.94. The normalized spacial score (nSPS) is 10.6. The van der Waals surface area contributed by atoms with E-state index < -0.39 is 5.97 Å². The summed E-state index contributed by atoms with van der Waals surface area (Å²) in [6, 6.07) is 7.45. The molecule has 0 aliphatic carbocycles. The maximum absolute atomic E-state index is 11.0. The Kier molecular flexibility index (Phi) is 3.67. The van der Waals surface area contributed by atoms with Crippen molar-refractivity contribution in [3.8, 4) is 0 Å². The number of rotatable bonds is 4. The lowest BCUT2D eigenvalue weighted by Gasteiger charge is -2.00.